The van der Waals surface area contributed by atoms with Crippen LogP contribution in [0.1, 0.15) is 15.9 Å². The van der Waals surface area contributed by atoms with Crippen LogP contribution in [0.25, 0.3) is 0 Å². The van der Waals surface area contributed by atoms with Crippen LogP contribution in [0.15, 0.2) is 47.2 Å². The molecule has 4 nitrogen and oxygen atoms in total. The predicted octanol–water partition coefficient (Wildman–Crippen LogP) is 2.36. The summed E-state index contributed by atoms with van der Waals surface area (Å²) < 4.78 is 1.01. The number of anilines is 1. The first-order valence-corrected chi connectivity index (χ1v) is 6.18. The number of pyridine rings is 1. The Hall–Kier alpha value is -1.88. The topological polar surface area (TPSA) is 68.0 Å². The number of benzene rings is 1. The minimum absolute atomic E-state index is 0.219. The molecule has 1 aromatic carbocycles. The maximum Gasteiger partial charge on any atom is 0.255 e. The maximum absolute atomic E-state index is 11.9. The van der Waals surface area contributed by atoms with E-state index in [1.165, 1.54) is 6.20 Å². The van der Waals surface area contributed by atoms with Crippen molar-refractivity contribution >= 4 is 27.5 Å². The zero-order valence-electron chi connectivity index (χ0n) is 9.56. The molecule has 0 radical (unpaired) electrons. The van der Waals surface area contributed by atoms with Gasteiger partial charge in [-0.2, -0.15) is 0 Å². The van der Waals surface area contributed by atoms with Crippen LogP contribution < -0.4 is 11.1 Å². The third kappa shape index (κ3) is 3.07. The molecule has 0 unspecified atom stereocenters. The van der Waals surface area contributed by atoms with Crippen LogP contribution in [0.5, 0.6) is 0 Å². The lowest BCUT2D eigenvalue weighted by molar-refractivity contribution is 0.0951. The number of aromatic nitrogens is 1. The molecule has 0 spiro atoms. The minimum atomic E-state index is -0.219. The van der Waals surface area contributed by atoms with E-state index in [1.807, 2.05) is 24.3 Å². The highest BCUT2D eigenvalue weighted by Gasteiger charge is 2.08. The summed E-state index contributed by atoms with van der Waals surface area (Å²) in [6.07, 6.45) is 3.02. The maximum atomic E-state index is 11.9. The van der Waals surface area contributed by atoms with Gasteiger partial charge in [0.2, 0.25) is 0 Å². The van der Waals surface area contributed by atoms with E-state index in [0.29, 0.717) is 17.8 Å². The first-order valence-electron chi connectivity index (χ1n) is 5.39. The second kappa shape index (κ2) is 5.64. The molecule has 18 heavy (non-hydrogen) atoms. The van der Waals surface area contributed by atoms with Crippen LogP contribution in [0.3, 0.4) is 0 Å². The SMILES string of the molecule is Nc1ccncc1C(=O)NCc1ccc(Br)cc1. The lowest BCUT2D eigenvalue weighted by atomic mass is 10.2. The lowest BCUT2D eigenvalue weighted by Crippen LogP contribution is -2.23. The second-order valence-electron chi connectivity index (χ2n) is 3.77. The van der Waals surface area contributed by atoms with E-state index in [-0.39, 0.29) is 5.91 Å². The molecule has 92 valence electrons. The Balaban J connectivity index is 2.01. The lowest BCUT2D eigenvalue weighted by Gasteiger charge is -2.07. The number of nitrogen functional groups attached to an aromatic ring is 1. The van der Waals surface area contributed by atoms with Crippen molar-refractivity contribution in [2.45, 2.75) is 6.54 Å². The Labute approximate surface area is 113 Å². The highest BCUT2D eigenvalue weighted by Crippen LogP contribution is 2.11. The highest BCUT2D eigenvalue weighted by atomic mass is 79.9. The second-order valence-corrected chi connectivity index (χ2v) is 4.69. The number of carbonyl (C=O) groups is 1. The Morgan fingerprint density at radius 3 is 2.67 bits per heavy atom. The van der Waals surface area contributed by atoms with Gasteiger partial charge >= 0.3 is 0 Å². The van der Waals surface area contributed by atoms with E-state index >= 15 is 0 Å². The van der Waals surface area contributed by atoms with Crippen molar-refractivity contribution < 1.29 is 4.79 Å². The summed E-state index contributed by atoms with van der Waals surface area (Å²) >= 11 is 3.36. The molecule has 5 heteroatoms. The summed E-state index contributed by atoms with van der Waals surface area (Å²) in [6, 6.07) is 9.35. The smallest absolute Gasteiger partial charge is 0.255 e. The van der Waals surface area contributed by atoms with Crippen LogP contribution in [-0.4, -0.2) is 10.9 Å². The number of hydrogen-bond donors (Lipinski definition) is 2. The van der Waals surface area contributed by atoms with Gasteiger partial charge in [0.1, 0.15) is 0 Å². The van der Waals surface area contributed by atoms with E-state index in [0.717, 1.165) is 10.0 Å². The first-order chi connectivity index (χ1) is 8.66. The molecule has 2 rings (SSSR count). The van der Waals surface area contributed by atoms with Crippen molar-refractivity contribution in [3.8, 4) is 0 Å². The Kier molecular flexibility index (Phi) is 3.94. The summed E-state index contributed by atoms with van der Waals surface area (Å²) in [5.41, 5.74) is 7.55. The molecule has 1 amide bonds. The van der Waals surface area contributed by atoms with Crippen molar-refractivity contribution in [2.24, 2.45) is 0 Å². The average Bonchev–Trinajstić information content (AvgIpc) is 2.38. The predicted molar refractivity (Wildman–Crippen MR) is 74.0 cm³/mol. The van der Waals surface area contributed by atoms with Crippen molar-refractivity contribution in [1.29, 1.82) is 0 Å². The van der Waals surface area contributed by atoms with Gasteiger partial charge in [-0.05, 0) is 23.8 Å². The quantitative estimate of drug-likeness (QED) is 0.914. The molecule has 0 fully saturated rings. The van der Waals surface area contributed by atoms with Gasteiger partial charge in [-0.1, -0.05) is 28.1 Å². The van der Waals surface area contributed by atoms with Gasteiger partial charge in [0.05, 0.1) is 5.56 Å². The summed E-state index contributed by atoms with van der Waals surface area (Å²) in [4.78, 5) is 15.8. The molecule has 1 aromatic heterocycles. The molecular formula is C13H12BrN3O. The van der Waals surface area contributed by atoms with Gasteiger partial charge in [-0.15, -0.1) is 0 Å². The average molecular weight is 306 g/mol. The van der Waals surface area contributed by atoms with E-state index in [2.05, 4.69) is 26.2 Å². The van der Waals surface area contributed by atoms with E-state index in [1.54, 1.807) is 12.3 Å². The molecule has 2 aromatic rings. The number of rotatable bonds is 3. The fraction of sp³-hybridized carbons (Fsp3) is 0.0769. The molecule has 0 aliphatic carbocycles. The monoisotopic (exact) mass is 305 g/mol. The fourth-order valence-corrected chi connectivity index (χ4v) is 1.74. The number of nitrogens with zero attached hydrogens (tertiary/aromatic N) is 1. The molecule has 0 aliphatic rings. The van der Waals surface area contributed by atoms with E-state index < -0.39 is 0 Å². The van der Waals surface area contributed by atoms with Crippen LogP contribution in [0.4, 0.5) is 5.69 Å². The molecule has 0 saturated heterocycles. The Morgan fingerprint density at radius 1 is 1.28 bits per heavy atom. The Bertz CT molecular complexity index is 554. The summed E-state index contributed by atoms with van der Waals surface area (Å²) in [5, 5.41) is 2.80. The number of halogens is 1. The molecule has 3 N–H and O–H groups in total. The molecular weight excluding hydrogens is 294 g/mol. The van der Waals surface area contributed by atoms with E-state index in [4.69, 9.17) is 5.73 Å². The molecule has 0 bridgehead atoms. The Morgan fingerprint density at radius 2 is 2.00 bits per heavy atom. The van der Waals surface area contributed by atoms with Gasteiger partial charge in [0, 0.05) is 29.1 Å². The van der Waals surface area contributed by atoms with Crippen molar-refractivity contribution in [3.63, 3.8) is 0 Å². The minimum Gasteiger partial charge on any atom is -0.398 e. The molecule has 0 atom stereocenters. The van der Waals surface area contributed by atoms with Crippen LogP contribution >= 0.6 is 15.9 Å². The number of amides is 1. The van der Waals surface area contributed by atoms with Gasteiger partial charge in [0.15, 0.2) is 0 Å². The number of hydrogen-bond acceptors (Lipinski definition) is 3. The number of nitrogens with two attached hydrogens (primary N) is 1. The van der Waals surface area contributed by atoms with Crippen LogP contribution in [0, 0.1) is 0 Å². The number of carbonyl (C=O) groups excluding carboxylic acids is 1. The normalized spacial score (nSPS) is 10.1. The summed E-state index contributed by atoms with van der Waals surface area (Å²) in [6.45, 7) is 0.459. The molecule has 1 heterocycles. The van der Waals surface area contributed by atoms with Crippen LogP contribution in [0.2, 0.25) is 0 Å². The third-order valence-corrected chi connectivity index (χ3v) is 2.99. The molecule has 0 aliphatic heterocycles. The highest BCUT2D eigenvalue weighted by molar-refractivity contribution is 9.10. The standard InChI is InChI=1S/C13H12BrN3O/c14-10-3-1-9(2-4-10)7-17-13(18)11-8-16-6-5-12(11)15/h1-6,8H,7H2,(H2,15,16)(H,17,18). The van der Waals surface area contributed by atoms with E-state index in [9.17, 15) is 4.79 Å². The van der Waals surface area contributed by atoms with Crippen molar-refractivity contribution in [2.75, 3.05) is 5.73 Å². The zero-order chi connectivity index (χ0) is 13.0. The van der Waals surface area contributed by atoms with Crippen molar-refractivity contribution in [1.82, 2.24) is 10.3 Å². The van der Waals surface area contributed by atoms with Gasteiger partial charge in [-0.25, -0.2) is 0 Å². The van der Waals surface area contributed by atoms with Gasteiger partial charge < -0.3 is 11.1 Å². The fourth-order valence-electron chi connectivity index (χ4n) is 1.47. The summed E-state index contributed by atoms with van der Waals surface area (Å²) in [7, 11) is 0. The van der Waals surface area contributed by atoms with Gasteiger partial charge in [-0.3, -0.25) is 9.78 Å². The summed E-state index contributed by atoms with van der Waals surface area (Å²) in [5.74, 6) is -0.219. The molecule has 0 saturated carbocycles. The van der Waals surface area contributed by atoms with Gasteiger partial charge in [0.25, 0.3) is 5.91 Å². The largest absolute Gasteiger partial charge is 0.398 e. The third-order valence-electron chi connectivity index (χ3n) is 2.47. The van der Waals surface area contributed by atoms with Crippen molar-refractivity contribution in [3.05, 3.63) is 58.3 Å². The first kappa shape index (κ1) is 12.6. The zero-order valence-corrected chi connectivity index (χ0v) is 11.1. The van der Waals surface area contributed by atoms with Crippen LogP contribution in [-0.2, 0) is 6.54 Å². The number of nitrogens with one attached hydrogen (secondary N) is 1.